The summed E-state index contributed by atoms with van der Waals surface area (Å²) in [5, 5.41) is 10.0. The van der Waals surface area contributed by atoms with Crippen LogP contribution in [0.1, 0.15) is 36.0 Å². The molecule has 1 aromatic carbocycles. The molecule has 1 aliphatic rings. The number of carbonyl (C=O) groups excluding carboxylic acids is 1. The van der Waals surface area contributed by atoms with E-state index in [1.54, 1.807) is 6.07 Å². The summed E-state index contributed by atoms with van der Waals surface area (Å²) in [4.78, 5) is 26.8. The van der Waals surface area contributed by atoms with E-state index in [1.165, 1.54) is 0 Å². The number of carboxylic acids is 1. The minimum atomic E-state index is -0.741. The fourth-order valence-corrected chi connectivity index (χ4v) is 3.41. The molecule has 1 unspecified atom stereocenters. The highest BCUT2D eigenvalue weighted by atomic mass is 16.4. The Morgan fingerprint density at radius 2 is 1.91 bits per heavy atom. The molecule has 0 saturated heterocycles. The third-order valence-corrected chi connectivity index (χ3v) is 4.78. The number of aromatic amines is 1. The van der Waals surface area contributed by atoms with Gasteiger partial charge in [0, 0.05) is 17.1 Å². The van der Waals surface area contributed by atoms with Crippen LogP contribution in [0.3, 0.4) is 0 Å². The summed E-state index contributed by atoms with van der Waals surface area (Å²) in [5.41, 5.74) is 7.64. The number of fused-ring (bicyclic) bond motifs is 1. The molecule has 0 amide bonds. The smallest absolute Gasteiger partial charge is 0.306 e. The first-order chi connectivity index (χ1) is 10.6. The highest BCUT2D eigenvalue weighted by Crippen LogP contribution is 2.32. The molecule has 2 aromatic rings. The molecule has 1 fully saturated rings. The van der Waals surface area contributed by atoms with Crippen LogP contribution in [0.25, 0.3) is 10.9 Å². The summed E-state index contributed by atoms with van der Waals surface area (Å²) in [6.07, 6.45) is 4.42. The second-order valence-electron chi connectivity index (χ2n) is 6.09. The van der Waals surface area contributed by atoms with E-state index in [1.807, 2.05) is 24.4 Å². The Balaban J connectivity index is 1.75. The van der Waals surface area contributed by atoms with E-state index in [-0.39, 0.29) is 17.6 Å². The van der Waals surface area contributed by atoms with Crippen molar-refractivity contribution < 1.29 is 14.7 Å². The minimum absolute atomic E-state index is 0.0631. The molecular formula is C17H20N2O3. The normalized spacial score (nSPS) is 23.3. The maximum atomic E-state index is 12.7. The number of carbonyl (C=O) groups is 2. The van der Waals surface area contributed by atoms with Crippen molar-refractivity contribution in [2.24, 2.45) is 17.6 Å². The van der Waals surface area contributed by atoms with Crippen molar-refractivity contribution in [1.82, 2.24) is 4.98 Å². The van der Waals surface area contributed by atoms with Crippen LogP contribution in [-0.4, -0.2) is 27.9 Å². The number of rotatable bonds is 4. The Hall–Kier alpha value is -2.14. The zero-order valence-electron chi connectivity index (χ0n) is 12.3. The number of hydrogen-bond donors (Lipinski definition) is 3. The molecule has 0 aliphatic heterocycles. The third kappa shape index (κ3) is 2.64. The molecule has 1 atom stereocenters. The van der Waals surface area contributed by atoms with Crippen LogP contribution >= 0.6 is 0 Å². The molecule has 1 aliphatic carbocycles. The van der Waals surface area contributed by atoms with Crippen molar-refractivity contribution in [3.8, 4) is 0 Å². The number of aliphatic carboxylic acids is 1. The molecule has 0 bridgehead atoms. The summed E-state index contributed by atoms with van der Waals surface area (Å²) in [6.45, 7) is 0. The molecule has 4 N–H and O–H groups in total. The topological polar surface area (TPSA) is 96.2 Å². The van der Waals surface area contributed by atoms with Crippen LogP contribution in [-0.2, 0) is 4.79 Å². The monoisotopic (exact) mass is 300 g/mol. The van der Waals surface area contributed by atoms with Gasteiger partial charge in [0.25, 0.3) is 0 Å². The van der Waals surface area contributed by atoms with E-state index < -0.39 is 12.0 Å². The predicted octanol–water partition coefficient (Wildman–Crippen LogP) is 2.57. The first-order valence-electron chi connectivity index (χ1n) is 7.66. The number of benzene rings is 1. The van der Waals surface area contributed by atoms with Crippen LogP contribution in [0.15, 0.2) is 30.5 Å². The fraction of sp³-hybridized carbons (Fsp3) is 0.412. The van der Waals surface area contributed by atoms with Gasteiger partial charge in [-0.3, -0.25) is 9.59 Å². The molecule has 5 nitrogen and oxygen atoms in total. The molecule has 1 heterocycles. The highest BCUT2D eigenvalue weighted by molar-refractivity contribution is 6.09. The Morgan fingerprint density at radius 3 is 2.59 bits per heavy atom. The van der Waals surface area contributed by atoms with Gasteiger partial charge in [-0.15, -0.1) is 0 Å². The number of nitrogens with two attached hydrogens (primary N) is 1. The number of hydrogen-bond acceptors (Lipinski definition) is 3. The van der Waals surface area contributed by atoms with Gasteiger partial charge in [-0.2, -0.15) is 0 Å². The van der Waals surface area contributed by atoms with Gasteiger partial charge in [-0.05, 0) is 43.7 Å². The predicted molar refractivity (Wildman–Crippen MR) is 83.7 cm³/mol. The number of para-hydroxylation sites is 1. The summed E-state index contributed by atoms with van der Waals surface area (Å²) < 4.78 is 0. The summed E-state index contributed by atoms with van der Waals surface area (Å²) >= 11 is 0. The average molecular weight is 300 g/mol. The minimum Gasteiger partial charge on any atom is -0.481 e. The van der Waals surface area contributed by atoms with E-state index in [4.69, 9.17) is 10.8 Å². The van der Waals surface area contributed by atoms with Crippen LogP contribution in [0, 0.1) is 11.8 Å². The number of carboxylic acid groups (broad SMARTS) is 1. The largest absolute Gasteiger partial charge is 0.481 e. The van der Waals surface area contributed by atoms with Crippen LogP contribution < -0.4 is 5.73 Å². The second-order valence-corrected chi connectivity index (χ2v) is 6.09. The van der Waals surface area contributed by atoms with E-state index >= 15 is 0 Å². The fourth-order valence-electron chi connectivity index (χ4n) is 3.41. The zero-order chi connectivity index (χ0) is 15.7. The molecule has 0 radical (unpaired) electrons. The molecule has 22 heavy (non-hydrogen) atoms. The first kappa shape index (κ1) is 14.8. The number of aromatic nitrogens is 1. The van der Waals surface area contributed by atoms with E-state index in [0.29, 0.717) is 31.2 Å². The molecule has 116 valence electrons. The van der Waals surface area contributed by atoms with Crippen molar-refractivity contribution in [3.05, 3.63) is 36.0 Å². The zero-order valence-corrected chi connectivity index (χ0v) is 12.3. The summed E-state index contributed by atoms with van der Waals surface area (Å²) in [7, 11) is 0. The summed E-state index contributed by atoms with van der Waals surface area (Å²) in [5.74, 6) is -1.03. The Kier molecular flexibility index (Phi) is 3.98. The lowest BCUT2D eigenvalue weighted by Gasteiger charge is -2.29. The maximum Gasteiger partial charge on any atom is 0.306 e. The van der Waals surface area contributed by atoms with Crippen LogP contribution in [0.5, 0.6) is 0 Å². The third-order valence-electron chi connectivity index (χ3n) is 4.78. The van der Waals surface area contributed by atoms with Crippen LogP contribution in [0.2, 0.25) is 0 Å². The Labute approximate surface area is 128 Å². The summed E-state index contributed by atoms with van der Waals surface area (Å²) in [6, 6.07) is 6.96. The number of nitrogens with one attached hydrogen (secondary N) is 1. The number of Topliss-reactive ketones (excluding diaryl/α,β-unsaturated/α-hetero) is 1. The van der Waals surface area contributed by atoms with Crippen molar-refractivity contribution >= 4 is 22.7 Å². The number of H-pyrrole nitrogens is 1. The van der Waals surface area contributed by atoms with Crippen molar-refractivity contribution in [1.29, 1.82) is 0 Å². The molecule has 0 spiro atoms. The molecular weight excluding hydrogens is 280 g/mol. The quantitative estimate of drug-likeness (QED) is 0.756. The standard InChI is InChI=1S/C17H20N2O3/c18-14(10-4-6-12(7-5-10)17(21)22)16(20)13-3-1-2-11-8-9-19-15(11)13/h1-3,8-10,12,14,19H,4-7,18H2,(H,21,22). The van der Waals surface area contributed by atoms with Gasteiger partial charge in [0.1, 0.15) is 0 Å². The first-order valence-corrected chi connectivity index (χ1v) is 7.66. The Morgan fingerprint density at radius 1 is 1.18 bits per heavy atom. The lowest BCUT2D eigenvalue weighted by molar-refractivity contribution is -0.143. The van der Waals surface area contributed by atoms with Crippen molar-refractivity contribution in [2.75, 3.05) is 0 Å². The average Bonchev–Trinajstić information content (AvgIpc) is 3.02. The van der Waals surface area contributed by atoms with Crippen molar-refractivity contribution in [2.45, 2.75) is 31.7 Å². The lowest BCUT2D eigenvalue weighted by Crippen LogP contribution is -2.40. The SMILES string of the molecule is NC(C(=O)c1cccc2cc[nH]c12)C1CCC(C(=O)O)CC1. The number of ketones is 1. The van der Waals surface area contributed by atoms with Gasteiger partial charge in [0.2, 0.25) is 0 Å². The Bertz CT molecular complexity index is 699. The van der Waals surface area contributed by atoms with Crippen molar-refractivity contribution in [3.63, 3.8) is 0 Å². The van der Waals surface area contributed by atoms with E-state index in [9.17, 15) is 9.59 Å². The van der Waals surface area contributed by atoms with Gasteiger partial charge in [-0.1, -0.05) is 12.1 Å². The maximum absolute atomic E-state index is 12.7. The molecule has 1 saturated carbocycles. The molecule has 5 heteroatoms. The van der Waals surface area contributed by atoms with Crippen LogP contribution in [0.4, 0.5) is 0 Å². The van der Waals surface area contributed by atoms with E-state index in [2.05, 4.69) is 4.98 Å². The van der Waals surface area contributed by atoms with Gasteiger partial charge in [0.05, 0.1) is 17.5 Å². The lowest BCUT2D eigenvalue weighted by atomic mass is 9.77. The second kappa shape index (κ2) is 5.93. The van der Waals surface area contributed by atoms with Gasteiger partial charge >= 0.3 is 5.97 Å². The van der Waals surface area contributed by atoms with Gasteiger partial charge < -0.3 is 15.8 Å². The molecule has 1 aromatic heterocycles. The van der Waals surface area contributed by atoms with E-state index in [0.717, 1.165) is 10.9 Å². The highest BCUT2D eigenvalue weighted by Gasteiger charge is 2.32. The molecule has 3 rings (SSSR count). The van der Waals surface area contributed by atoms with Gasteiger partial charge in [-0.25, -0.2) is 0 Å². The van der Waals surface area contributed by atoms with Gasteiger partial charge in [0.15, 0.2) is 5.78 Å².